The van der Waals surface area contributed by atoms with Crippen LogP contribution in [0.3, 0.4) is 0 Å². The van der Waals surface area contributed by atoms with Gasteiger partial charge in [0.2, 0.25) is 0 Å². The fourth-order valence-electron chi connectivity index (χ4n) is 3.16. The molecule has 190 valence electrons. The Kier molecular flexibility index (Phi) is 8.96. The van der Waals surface area contributed by atoms with Crippen LogP contribution in [0.15, 0.2) is 47.8 Å². The minimum Gasteiger partial charge on any atom is -0.493 e. The summed E-state index contributed by atoms with van der Waals surface area (Å²) in [6.07, 6.45) is 0. The van der Waals surface area contributed by atoms with Crippen LogP contribution in [-0.4, -0.2) is 49.6 Å². The van der Waals surface area contributed by atoms with E-state index in [0.29, 0.717) is 22.3 Å². The molecule has 0 bridgehead atoms. The average molecular weight is 516 g/mol. The zero-order valence-corrected chi connectivity index (χ0v) is 21.0. The molecule has 0 saturated heterocycles. The zero-order chi connectivity index (χ0) is 26.2. The topological polar surface area (TPSA) is 116 Å². The lowest BCUT2D eigenvalue weighted by atomic mass is 10.0. The number of ether oxygens (including phenoxy) is 3. The molecule has 0 radical (unpaired) electrons. The van der Waals surface area contributed by atoms with Gasteiger partial charge in [-0.05, 0) is 48.4 Å². The third-order valence-corrected chi connectivity index (χ3v) is 5.85. The van der Waals surface area contributed by atoms with Crippen LogP contribution in [0.2, 0.25) is 0 Å². The highest BCUT2D eigenvalue weighted by atomic mass is 32.1. The van der Waals surface area contributed by atoms with Gasteiger partial charge in [-0.25, -0.2) is 14.2 Å². The number of halogens is 1. The molecule has 11 heteroatoms. The van der Waals surface area contributed by atoms with Crippen molar-refractivity contribution in [3.63, 3.8) is 0 Å². The number of hydrogen-bond acceptors (Lipinski definition) is 8. The number of rotatable bonds is 10. The highest BCUT2D eigenvalue weighted by Gasteiger charge is 2.27. The molecule has 2 amide bonds. The van der Waals surface area contributed by atoms with E-state index in [0.717, 1.165) is 17.7 Å². The van der Waals surface area contributed by atoms with Crippen molar-refractivity contribution in [3.8, 4) is 22.8 Å². The molecule has 36 heavy (non-hydrogen) atoms. The van der Waals surface area contributed by atoms with Gasteiger partial charge in [-0.1, -0.05) is 13.8 Å². The molecule has 0 saturated carbocycles. The Bertz CT molecular complexity index is 1230. The molecule has 1 heterocycles. The summed E-state index contributed by atoms with van der Waals surface area (Å²) in [7, 11) is 3.08. The van der Waals surface area contributed by atoms with Gasteiger partial charge in [0.15, 0.2) is 23.2 Å². The van der Waals surface area contributed by atoms with Gasteiger partial charge < -0.3 is 19.5 Å². The number of nitrogens with zero attached hydrogens (tertiary/aromatic N) is 1. The van der Waals surface area contributed by atoms with Crippen LogP contribution in [0.1, 0.15) is 24.2 Å². The molecule has 0 aliphatic rings. The molecule has 9 nitrogen and oxygen atoms in total. The maximum atomic E-state index is 13.1. The molecule has 2 aromatic carbocycles. The van der Waals surface area contributed by atoms with Crippen molar-refractivity contribution in [3.05, 3.63) is 59.2 Å². The van der Waals surface area contributed by atoms with Crippen LogP contribution in [0, 0.1) is 11.7 Å². The Morgan fingerprint density at radius 2 is 1.72 bits per heavy atom. The predicted molar refractivity (Wildman–Crippen MR) is 133 cm³/mol. The van der Waals surface area contributed by atoms with E-state index in [1.54, 1.807) is 38.5 Å². The second-order valence-electron chi connectivity index (χ2n) is 7.97. The first-order valence-electron chi connectivity index (χ1n) is 10.9. The Hall–Kier alpha value is -3.99. The Labute approximate surface area is 211 Å². The molecule has 0 aliphatic heterocycles. The summed E-state index contributed by atoms with van der Waals surface area (Å²) in [6.45, 7) is 2.89. The zero-order valence-electron chi connectivity index (χ0n) is 20.2. The van der Waals surface area contributed by atoms with Crippen molar-refractivity contribution in [2.75, 3.05) is 26.1 Å². The third-order valence-electron chi connectivity index (χ3n) is 5.09. The molecular weight excluding hydrogens is 489 g/mol. The SMILES string of the molecule is COc1ccc(-c2csc(NC(=O)COC(=O)C(NC(=O)c3ccc(F)cc3)C(C)C)n2)cc1OC. The maximum Gasteiger partial charge on any atom is 0.329 e. The summed E-state index contributed by atoms with van der Waals surface area (Å²) >= 11 is 1.21. The molecule has 1 aromatic heterocycles. The predicted octanol–water partition coefficient (Wildman–Crippen LogP) is 3.90. The number of aromatic nitrogens is 1. The Morgan fingerprint density at radius 3 is 2.36 bits per heavy atom. The quantitative estimate of drug-likeness (QED) is 0.394. The summed E-state index contributed by atoms with van der Waals surface area (Å²) in [4.78, 5) is 41.7. The van der Waals surface area contributed by atoms with Crippen LogP contribution in [0.5, 0.6) is 11.5 Å². The largest absolute Gasteiger partial charge is 0.493 e. The molecule has 0 spiro atoms. The second-order valence-corrected chi connectivity index (χ2v) is 8.82. The highest BCUT2D eigenvalue weighted by molar-refractivity contribution is 7.14. The molecule has 2 N–H and O–H groups in total. The van der Waals surface area contributed by atoms with Gasteiger partial charge in [0.05, 0.1) is 19.9 Å². The fourth-order valence-corrected chi connectivity index (χ4v) is 3.90. The van der Waals surface area contributed by atoms with E-state index in [1.807, 2.05) is 6.07 Å². The first kappa shape index (κ1) is 26.6. The smallest absolute Gasteiger partial charge is 0.329 e. The molecule has 0 aliphatic carbocycles. The van der Waals surface area contributed by atoms with Crippen molar-refractivity contribution in [1.82, 2.24) is 10.3 Å². The van der Waals surface area contributed by atoms with Crippen molar-refractivity contribution in [2.24, 2.45) is 5.92 Å². The molecule has 0 fully saturated rings. The number of thiazole rings is 1. The van der Waals surface area contributed by atoms with Crippen molar-refractivity contribution < 1.29 is 33.0 Å². The van der Waals surface area contributed by atoms with Gasteiger partial charge in [-0.15, -0.1) is 11.3 Å². The average Bonchev–Trinajstić information content (AvgIpc) is 3.33. The third kappa shape index (κ3) is 6.79. The lowest BCUT2D eigenvalue weighted by molar-refractivity contribution is -0.150. The number of benzene rings is 2. The highest BCUT2D eigenvalue weighted by Crippen LogP contribution is 2.33. The Morgan fingerprint density at radius 1 is 1.03 bits per heavy atom. The van der Waals surface area contributed by atoms with Crippen molar-refractivity contribution >= 4 is 34.3 Å². The number of nitrogens with one attached hydrogen (secondary N) is 2. The standard InChI is InChI=1S/C25H26FN3O6S/c1-14(2)22(29-23(31)15-5-8-17(26)9-6-15)24(32)35-12-21(30)28-25-27-18(13-36-25)16-7-10-19(33-3)20(11-16)34-4/h5-11,13-14,22H,12H2,1-4H3,(H,29,31)(H,27,28,30). The molecule has 1 atom stereocenters. The normalized spacial score (nSPS) is 11.5. The van der Waals surface area contributed by atoms with Gasteiger partial charge in [-0.3, -0.25) is 14.9 Å². The number of hydrogen-bond donors (Lipinski definition) is 2. The monoisotopic (exact) mass is 515 g/mol. The van der Waals surface area contributed by atoms with Gasteiger partial charge >= 0.3 is 5.97 Å². The fraction of sp³-hybridized carbons (Fsp3) is 0.280. The van der Waals surface area contributed by atoms with E-state index in [4.69, 9.17) is 14.2 Å². The number of carbonyl (C=O) groups excluding carboxylic acids is 3. The van der Waals surface area contributed by atoms with Crippen LogP contribution < -0.4 is 20.1 Å². The maximum absolute atomic E-state index is 13.1. The van der Waals surface area contributed by atoms with Crippen LogP contribution in [0.4, 0.5) is 9.52 Å². The lowest BCUT2D eigenvalue weighted by Gasteiger charge is -2.20. The summed E-state index contributed by atoms with van der Waals surface area (Å²) in [5.74, 6) is -1.56. The summed E-state index contributed by atoms with van der Waals surface area (Å²) in [5.41, 5.74) is 1.59. The number of amides is 2. The molecule has 3 rings (SSSR count). The van der Waals surface area contributed by atoms with Crippen molar-refractivity contribution in [2.45, 2.75) is 19.9 Å². The van der Waals surface area contributed by atoms with E-state index in [2.05, 4.69) is 15.6 Å². The second kappa shape index (κ2) is 12.1. The van der Waals surface area contributed by atoms with E-state index in [-0.39, 0.29) is 11.5 Å². The van der Waals surface area contributed by atoms with Gasteiger partial charge in [0.25, 0.3) is 11.8 Å². The summed E-state index contributed by atoms with van der Waals surface area (Å²) in [6, 6.07) is 9.27. The van der Waals surface area contributed by atoms with Crippen LogP contribution in [0.25, 0.3) is 11.3 Å². The van der Waals surface area contributed by atoms with Crippen molar-refractivity contribution in [1.29, 1.82) is 0 Å². The van der Waals surface area contributed by atoms with E-state index >= 15 is 0 Å². The minimum atomic E-state index is -0.994. The first-order chi connectivity index (χ1) is 17.2. The number of anilines is 1. The number of methoxy groups -OCH3 is 2. The molecule has 3 aromatic rings. The number of esters is 1. The summed E-state index contributed by atoms with van der Waals surface area (Å²) in [5, 5.41) is 7.25. The van der Waals surface area contributed by atoms with Crippen LogP contribution >= 0.6 is 11.3 Å². The number of carbonyl (C=O) groups is 3. The lowest BCUT2D eigenvalue weighted by Crippen LogP contribution is -2.45. The first-order valence-corrected chi connectivity index (χ1v) is 11.8. The van der Waals surface area contributed by atoms with Gasteiger partial charge in [0, 0.05) is 16.5 Å². The van der Waals surface area contributed by atoms with Gasteiger partial charge in [-0.2, -0.15) is 0 Å². The molecular formula is C25H26FN3O6S. The van der Waals surface area contributed by atoms with E-state index in [9.17, 15) is 18.8 Å². The van der Waals surface area contributed by atoms with E-state index < -0.39 is 36.2 Å². The Balaban J connectivity index is 1.56. The minimum absolute atomic E-state index is 0.196. The van der Waals surface area contributed by atoms with E-state index in [1.165, 1.54) is 30.6 Å². The molecule has 1 unspecified atom stereocenters. The van der Waals surface area contributed by atoms with Gasteiger partial charge in [0.1, 0.15) is 11.9 Å². The summed E-state index contributed by atoms with van der Waals surface area (Å²) < 4.78 is 28.8. The van der Waals surface area contributed by atoms with Crippen LogP contribution in [-0.2, 0) is 14.3 Å².